The molecule has 3 rings (SSSR count). The number of benzene rings is 3. The highest BCUT2D eigenvalue weighted by Gasteiger charge is 2.29. The summed E-state index contributed by atoms with van der Waals surface area (Å²) in [7, 11) is 0. The molecule has 34 heavy (non-hydrogen) atoms. The molecule has 0 radical (unpaired) electrons. The van der Waals surface area contributed by atoms with Crippen molar-refractivity contribution in [3.05, 3.63) is 100 Å². The highest BCUT2D eigenvalue weighted by molar-refractivity contribution is 7.99. The van der Waals surface area contributed by atoms with Crippen LogP contribution in [0, 0.1) is 0 Å². The van der Waals surface area contributed by atoms with Gasteiger partial charge < -0.3 is 10.2 Å². The topological polar surface area (TPSA) is 49.4 Å². The van der Waals surface area contributed by atoms with Crippen molar-refractivity contribution in [2.45, 2.75) is 37.2 Å². The Morgan fingerprint density at radius 2 is 1.50 bits per heavy atom. The maximum atomic E-state index is 13.5. The summed E-state index contributed by atoms with van der Waals surface area (Å²) in [5.41, 5.74) is 1.92. The van der Waals surface area contributed by atoms with Gasteiger partial charge in [-0.15, -0.1) is 11.8 Å². The molecule has 3 aromatic rings. The number of thioether (sulfide) groups is 1. The van der Waals surface area contributed by atoms with Crippen LogP contribution in [-0.2, 0) is 22.6 Å². The van der Waals surface area contributed by atoms with Gasteiger partial charge in [0.15, 0.2) is 0 Å². The molecule has 0 saturated carbocycles. The van der Waals surface area contributed by atoms with Gasteiger partial charge in [0, 0.05) is 46.6 Å². The van der Waals surface area contributed by atoms with E-state index in [-0.39, 0.29) is 11.8 Å². The van der Waals surface area contributed by atoms with Crippen molar-refractivity contribution in [3.8, 4) is 0 Å². The molecule has 1 atom stereocenters. The van der Waals surface area contributed by atoms with Crippen LogP contribution in [0.2, 0.25) is 10.0 Å². The van der Waals surface area contributed by atoms with Crippen LogP contribution in [0.3, 0.4) is 0 Å². The smallest absolute Gasteiger partial charge is 0.243 e. The lowest BCUT2D eigenvalue weighted by Crippen LogP contribution is -2.50. The lowest BCUT2D eigenvalue weighted by Gasteiger charge is -2.31. The first-order chi connectivity index (χ1) is 16.5. The maximum Gasteiger partial charge on any atom is 0.243 e. The van der Waals surface area contributed by atoms with Gasteiger partial charge in [0.25, 0.3) is 0 Å². The highest BCUT2D eigenvalue weighted by atomic mass is 35.5. The molecule has 0 aliphatic carbocycles. The van der Waals surface area contributed by atoms with E-state index in [9.17, 15) is 9.59 Å². The average molecular weight is 516 g/mol. The minimum Gasteiger partial charge on any atom is -0.355 e. The summed E-state index contributed by atoms with van der Waals surface area (Å²) in [4.78, 5) is 29.4. The molecule has 7 heteroatoms. The van der Waals surface area contributed by atoms with Gasteiger partial charge in [0.05, 0.1) is 0 Å². The largest absolute Gasteiger partial charge is 0.355 e. The fourth-order valence-corrected chi connectivity index (χ4v) is 4.66. The summed E-state index contributed by atoms with van der Waals surface area (Å²) in [6.07, 6.45) is 0.752. The summed E-state index contributed by atoms with van der Waals surface area (Å²) < 4.78 is 0. The number of hydrogen-bond donors (Lipinski definition) is 1. The van der Waals surface area contributed by atoms with E-state index in [4.69, 9.17) is 23.2 Å². The van der Waals surface area contributed by atoms with Gasteiger partial charge in [-0.3, -0.25) is 9.59 Å². The first kappa shape index (κ1) is 26.1. The molecule has 2 amide bonds. The fourth-order valence-electron chi connectivity index (χ4n) is 3.56. The molecule has 0 bridgehead atoms. The van der Waals surface area contributed by atoms with E-state index in [1.807, 2.05) is 73.7 Å². The second-order valence-corrected chi connectivity index (χ2v) is 9.84. The average Bonchev–Trinajstić information content (AvgIpc) is 2.84. The Hall–Kier alpha value is -2.47. The zero-order chi connectivity index (χ0) is 24.3. The summed E-state index contributed by atoms with van der Waals surface area (Å²) in [6.45, 7) is 2.71. The lowest BCUT2D eigenvalue weighted by molar-refractivity contribution is -0.140. The van der Waals surface area contributed by atoms with Crippen LogP contribution in [0.1, 0.15) is 24.5 Å². The molecule has 0 heterocycles. The maximum absolute atomic E-state index is 13.5. The van der Waals surface area contributed by atoms with Crippen LogP contribution < -0.4 is 5.32 Å². The van der Waals surface area contributed by atoms with Crippen molar-refractivity contribution in [1.82, 2.24) is 10.2 Å². The Morgan fingerprint density at radius 1 is 0.882 bits per heavy atom. The number of carbonyl (C=O) groups is 2. The molecule has 0 aromatic heterocycles. The predicted octanol–water partition coefficient (Wildman–Crippen LogP) is 6.25. The number of likely N-dealkylation sites (N-methyl/N-ethyl adjacent to an activating group) is 1. The Labute approximate surface area is 215 Å². The van der Waals surface area contributed by atoms with Crippen LogP contribution in [-0.4, -0.2) is 35.1 Å². The van der Waals surface area contributed by atoms with Crippen LogP contribution in [0.25, 0.3) is 0 Å². The first-order valence-electron chi connectivity index (χ1n) is 11.2. The number of rotatable bonds is 11. The van der Waals surface area contributed by atoms with Crippen LogP contribution >= 0.6 is 35.0 Å². The molecule has 0 aliphatic heterocycles. The zero-order valence-electron chi connectivity index (χ0n) is 19.0. The number of halogens is 2. The number of hydrogen-bond acceptors (Lipinski definition) is 3. The third-order valence-corrected chi connectivity index (χ3v) is 6.80. The van der Waals surface area contributed by atoms with E-state index in [0.29, 0.717) is 41.7 Å². The zero-order valence-corrected chi connectivity index (χ0v) is 21.4. The molecule has 0 saturated heterocycles. The van der Waals surface area contributed by atoms with Crippen molar-refractivity contribution in [2.24, 2.45) is 0 Å². The van der Waals surface area contributed by atoms with Gasteiger partial charge in [0.1, 0.15) is 6.04 Å². The van der Waals surface area contributed by atoms with Crippen molar-refractivity contribution in [1.29, 1.82) is 0 Å². The summed E-state index contributed by atoms with van der Waals surface area (Å²) in [5, 5.41) is 4.22. The molecule has 0 fully saturated rings. The molecule has 0 unspecified atom stereocenters. The van der Waals surface area contributed by atoms with E-state index in [1.165, 1.54) is 0 Å². The summed E-state index contributed by atoms with van der Waals surface area (Å²) in [5.74, 6) is 0.382. The summed E-state index contributed by atoms with van der Waals surface area (Å²) in [6, 6.07) is 24.1. The standard InChI is InChI=1S/C27H28Cl2N2O2S/c1-2-30-27(33)25(18-20-6-4-3-5-7-20)31(19-21-8-10-22(28)11-9-21)26(32)16-17-34-24-14-12-23(29)13-15-24/h3-15,25H,2,16-19H2,1H3,(H,30,33)/t25-/m1/s1. The third kappa shape index (κ3) is 8.08. The molecular formula is C27H28Cl2N2O2S. The van der Waals surface area contributed by atoms with Gasteiger partial charge in [-0.1, -0.05) is 65.7 Å². The second kappa shape index (κ2) is 13.4. The quantitative estimate of drug-likeness (QED) is 0.307. The van der Waals surface area contributed by atoms with Crippen molar-refractivity contribution < 1.29 is 9.59 Å². The molecule has 4 nitrogen and oxygen atoms in total. The minimum atomic E-state index is -0.619. The Balaban J connectivity index is 1.81. The van der Waals surface area contributed by atoms with Crippen LogP contribution in [0.5, 0.6) is 0 Å². The van der Waals surface area contributed by atoms with Crippen molar-refractivity contribution in [3.63, 3.8) is 0 Å². The van der Waals surface area contributed by atoms with Gasteiger partial charge in [-0.05, 0) is 54.4 Å². The lowest BCUT2D eigenvalue weighted by atomic mass is 10.0. The second-order valence-electron chi connectivity index (χ2n) is 7.80. The van der Waals surface area contributed by atoms with E-state index < -0.39 is 6.04 Å². The van der Waals surface area contributed by atoms with E-state index in [2.05, 4.69) is 5.32 Å². The highest BCUT2D eigenvalue weighted by Crippen LogP contribution is 2.23. The SMILES string of the molecule is CCNC(=O)[C@@H](Cc1ccccc1)N(Cc1ccc(Cl)cc1)C(=O)CCSc1ccc(Cl)cc1. The number of amides is 2. The molecule has 1 N–H and O–H groups in total. The van der Waals surface area contributed by atoms with Gasteiger partial charge in [0.2, 0.25) is 11.8 Å². The molecule has 3 aromatic carbocycles. The number of nitrogens with zero attached hydrogens (tertiary/aromatic N) is 1. The van der Waals surface area contributed by atoms with E-state index in [0.717, 1.165) is 16.0 Å². The Morgan fingerprint density at radius 3 is 2.12 bits per heavy atom. The van der Waals surface area contributed by atoms with Gasteiger partial charge >= 0.3 is 0 Å². The number of nitrogens with one attached hydrogen (secondary N) is 1. The van der Waals surface area contributed by atoms with Crippen LogP contribution in [0.4, 0.5) is 0 Å². The molecule has 0 spiro atoms. The predicted molar refractivity (Wildman–Crippen MR) is 141 cm³/mol. The first-order valence-corrected chi connectivity index (χ1v) is 12.9. The van der Waals surface area contributed by atoms with E-state index in [1.54, 1.807) is 28.8 Å². The minimum absolute atomic E-state index is 0.0661. The van der Waals surface area contributed by atoms with Gasteiger partial charge in [-0.2, -0.15) is 0 Å². The molecular weight excluding hydrogens is 487 g/mol. The summed E-state index contributed by atoms with van der Waals surface area (Å²) >= 11 is 13.6. The fraction of sp³-hybridized carbons (Fsp3) is 0.259. The third-order valence-electron chi connectivity index (χ3n) is 5.29. The van der Waals surface area contributed by atoms with E-state index >= 15 is 0 Å². The molecule has 0 aliphatic rings. The van der Waals surface area contributed by atoms with Crippen molar-refractivity contribution >= 4 is 46.8 Å². The number of carbonyl (C=O) groups excluding carboxylic acids is 2. The van der Waals surface area contributed by atoms with Gasteiger partial charge in [-0.25, -0.2) is 0 Å². The normalized spacial score (nSPS) is 11.6. The Bertz CT molecular complexity index is 1060. The van der Waals surface area contributed by atoms with Crippen molar-refractivity contribution in [2.75, 3.05) is 12.3 Å². The monoisotopic (exact) mass is 514 g/mol. The molecule has 178 valence electrons. The van der Waals surface area contributed by atoms with Crippen LogP contribution in [0.15, 0.2) is 83.8 Å². The Kier molecular flexibility index (Phi) is 10.3.